The average molecular weight is 577 g/mol. The molecule has 0 aliphatic heterocycles. The molecule has 220 valence electrons. The standard InChI is InChI=1S/C38H56S2/c1-3-5-7-9-11-13-15-17-19-21-25-31-29-30-34-36(40-37-33-27-23-24-28-35(33)39-38(34)37)32(31)26-22-20-18-16-14-12-10-8-6-4-2/h23-24,27-30H,3-22,25-26H2,1-2H3. The van der Waals surface area contributed by atoms with Crippen molar-refractivity contribution >= 4 is 52.2 Å². The van der Waals surface area contributed by atoms with Crippen molar-refractivity contribution in [2.45, 2.75) is 155 Å². The zero-order valence-corrected chi connectivity index (χ0v) is 27.5. The lowest BCUT2D eigenvalue weighted by atomic mass is 9.95. The van der Waals surface area contributed by atoms with E-state index in [1.807, 2.05) is 11.3 Å². The van der Waals surface area contributed by atoms with E-state index in [0.717, 1.165) is 0 Å². The van der Waals surface area contributed by atoms with Crippen LogP contribution in [0.4, 0.5) is 0 Å². The molecule has 2 heteroatoms. The normalized spacial score (nSPS) is 11.9. The summed E-state index contributed by atoms with van der Waals surface area (Å²) in [6, 6.07) is 14.0. The summed E-state index contributed by atoms with van der Waals surface area (Å²) in [4.78, 5) is 0. The van der Waals surface area contributed by atoms with Gasteiger partial charge >= 0.3 is 0 Å². The van der Waals surface area contributed by atoms with E-state index in [1.54, 1.807) is 15.8 Å². The Hall–Kier alpha value is -1.38. The number of thiophene rings is 2. The highest BCUT2D eigenvalue weighted by Crippen LogP contribution is 2.46. The van der Waals surface area contributed by atoms with Crippen LogP contribution in [0, 0.1) is 0 Å². The van der Waals surface area contributed by atoms with Crippen LogP contribution in [0.5, 0.6) is 0 Å². The second kappa shape index (κ2) is 18.2. The van der Waals surface area contributed by atoms with E-state index in [-0.39, 0.29) is 0 Å². The summed E-state index contributed by atoms with van der Waals surface area (Å²) in [6.45, 7) is 4.62. The lowest BCUT2D eigenvalue weighted by Gasteiger charge is -2.12. The third-order valence-electron chi connectivity index (χ3n) is 8.94. The minimum Gasteiger partial charge on any atom is -0.134 e. The second-order valence-corrected chi connectivity index (χ2v) is 14.4. The lowest BCUT2D eigenvalue weighted by Crippen LogP contribution is -1.96. The van der Waals surface area contributed by atoms with Crippen LogP contribution >= 0.6 is 22.7 Å². The van der Waals surface area contributed by atoms with E-state index < -0.39 is 0 Å². The molecule has 4 rings (SSSR count). The molecule has 2 aromatic carbocycles. The number of hydrogen-bond acceptors (Lipinski definition) is 2. The summed E-state index contributed by atoms with van der Waals surface area (Å²) >= 11 is 4.09. The highest BCUT2D eigenvalue weighted by molar-refractivity contribution is 7.36. The summed E-state index contributed by atoms with van der Waals surface area (Å²) in [5, 5.41) is 2.99. The van der Waals surface area contributed by atoms with Gasteiger partial charge in [0.2, 0.25) is 0 Å². The van der Waals surface area contributed by atoms with Gasteiger partial charge in [-0.15, -0.1) is 22.7 Å². The Kier molecular flexibility index (Phi) is 14.4. The number of fused-ring (bicyclic) bond motifs is 5. The maximum Gasteiger partial charge on any atom is 0.0542 e. The topological polar surface area (TPSA) is 0 Å². The van der Waals surface area contributed by atoms with Crippen molar-refractivity contribution in [3.05, 3.63) is 47.5 Å². The summed E-state index contributed by atoms with van der Waals surface area (Å²) in [5.41, 5.74) is 3.35. The van der Waals surface area contributed by atoms with Gasteiger partial charge in [0, 0.05) is 20.2 Å². The Bertz CT molecular complexity index is 1240. The summed E-state index contributed by atoms with van der Waals surface area (Å²) < 4.78 is 6.09. The maximum atomic E-state index is 2.51. The Morgan fingerprint density at radius 2 is 0.925 bits per heavy atom. The molecule has 4 aromatic rings. The van der Waals surface area contributed by atoms with Gasteiger partial charge in [-0.1, -0.05) is 160 Å². The van der Waals surface area contributed by atoms with E-state index >= 15 is 0 Å². The first-order valence-corrected chi connectivity index (χ1v) is 18.8. The molecule has 0 amide bonds. The fourth-order valence-electron chi connectivity index (χ4n) is 6.47. The number of rotatable bonds is 22. The van der Waals surface area contributed by atoms with Gasteiger partial charge in [-0.3, -0.25) is 0 Å². The molecule has 0 radical (unpaired) electrons. The smallest absolute Gasteiger partial charge is 0.0542 e. The Morgan fingerprint density at radius 1 is 0.425 bits per heavy atom. The van der Waals surface area contributed by atoms with Gasteiger partial charge in [-0.05, 0) is 42.9 Å². The van der Waals surface area contributed by atoms with E-state index in [2.05, 4.69) is 61.6 Å². The molecule has 0 fully saturated rings. The van der Waals surface area contributed by atoms with Crippen LogP contribution in [0.15, 0.2) is 36.4 Å². The van der Waals surface area contributed by atoms with Gasteiger partial charge in [-0.2, -0.15) is 0 Å². The Balaban J connectivity index is 1.33. The van der Waals surface area contributed by atoms with E-state index in [0.29, 0.717) is 0 Å². The van der Waals surface area contributed by atoms with Crippen molar-refractivity contribution in [2.75, 3.05) is 0 Å². The molecule has 2 aromatic heterocycles. The predicted octanol–water partition coefficient (Wildman–Crippen LogP) is 14.2. The van der Waals surface area contributed by atoms with Crippen molar-refractivity contribution in [3.8, 4) is 0 Å². The molecule has 0 aliphatic rings. The van der Waals surface area contributed by atoms with E-state index in [1.165, 1.54) is 166 Å². The fraction of sp³-hybridized carbons (Fsp3) is 0.632. The average Bonchev–Trinajstić information content (AvgIpc) is 3.52. The summed E-state index contributed by atoms with van der Waals surface area (Å²) in [7, 11) is 0. The van der Waals surface area contributed by atoms with Crippen LogP contribution < -0.4 is 0 Å². The zero-order valence-electron chi connectivity index (χ0n) is 25.8. The van der Waals surface area contributed by atoms with Crippen LogP contribution in [0.3, 0.4) is 0 Å². The van der Waals surface area contributed by atoms with Crippen molar-refractivity contribution in [3.63, 3.8) is 0 Å². The van der Waals surface area contributed by atoms with Gasteiger partial charge in [0.15, 0.2) is 0 Å². The maximum absolute atomic E-state index is 2.51. The third-order valence-corrected chi connectivity index (χ3v) is 11.6. The van der Waals surface area contributed by atoms with Crippen molar-refractivity contribution in [1.29, 1.82) is 0 Å². The molecule has 0 N–H and O–H groups in total. The van der Waals surface area contributed by atoms with E-state index in [9.17, 15) is 0 Å². The third kappa shape index (κ3) is 9.32. The number of unbranched alkanes of at least 4 members (excludes halogenated alkanes) is 18. The molecule has 0 spiro atoms. The number of hydrogen-bond donors (Lipinski definition) is 0. The Morgan fingerprint density at radius 3 is 1.52 bits per heavy atom. The van der Waals surface area contributed by atoms with Gasteiger partial charge < -0.3 is 0 Å². The van der Waals surface area contributed by atoms with Crippen LogP contribution in [0.1, 0.15) is 153 Å². The minimum absolute atomic E-state index is 1.27. The Labute approximate surface area is 254 Å². The second-order valence-electron chi connectivity index (χ2n) is 12.3. The molecular formula is C38H56S2. The SMILES string of the molecule is CCCCCCCCCCCCc1ccc2c(sc3c4ccccc4sc23)c1CCCCCCCCCCCC. The monoisotopic (exact) mass is 576 g/mol. The molecular weight excluding hydrogens is 521 g/mol. The predicted molar refractivity (Wildman–Crippen MR) is 186 cm³/mol. The molecule has 0 saturated carbocycles. The largest absolute Gasteiger partial charge is 0.134 e. The van der Waals surface area contributed by atoms with E-state index in [4.69, 9.17) is 0 Å². The van der Waals surface area contributed by atoms with Crippen LogP contribution in [-0.4, -0.2) is 0 Å². The molecule has 0 bridgehead atoms. The molecule has 2 heterocycles. The molecule has 0 atom stereocenters. The molecule has 0 nitrogen and oxygen atoms in total. The fourth-order valence-corrected chi connectivity index (χ4v) is 9.31. The first-order valence-electron chi connectivity index (χ1n) is 17.2. The quantitative estimate of drug-likeness (QED) is 0.0816. The van der Waals surface area contributed by atoms with Gasteiger partial charge in [0.05, 0.1) is 9.40 Å². The summed E-state index contributed by atoms with van der Waals surface area (Å²) in [6.07, 6.45) is 30.9. The minimum atomic E-state index is 1.27. The first-order chi connectivity index (χ1) is 19.8. The summed E-state index contributed by atoms with van der Waals surface area (Å²) in [5.74, 6) is 0. The van der Waals surface area contributed by atoms with Crippen LogP contribution in [0.25, 0.3) is 29.6 Å². The van der Waals surface area contributed by atoms with Crippen LogP contribution in [-0.2, 0) is 12.8 Å². The van der Waals surface area contributed by atoms with Gasteiger partial charge in [0.25, 0.3) is 0 Å². The molecule has 0 saturated heterocycles. The highest BCUT2D eigenvalue weighted by atomic mass is 32.1. The molecule has 40 heavy (non-hydrogen) atoms. The lowest BCUT2D eigenvalue weighted by molar-refractivity contribution is 0.553. The van der Waals surface area contributed by atoms with Crippen LogP contribution in [0.2, 0.25) is 0 Å². The van der Waals surface area contributed by atoms with Crippen molar-refractivity contribution in [1.82, 2.24) is 0 Å². The number of aryl methyl sites for hydroxylation is 2. The highest BCUT2D eigenvalue weighted by Gasteiger charge is 2.16. The molecule has 0 unspecified atom stereocenters. The van der Waals surface area contributed by atoms with Gasteiger partial charge in [0.1, 0.15) is 0 Å². The first kappa shape index (κ1) is 31.6. The van der Waals surface area contributed by atoms with Gasteiger partial charge in [-0.25, -0.2) is 0 Å². The molecule has 0 aliphatic carbocycles. The van der Waals surface area contributed by atoms with Crippen molar-refractivity contribution < 1.29 is 0 Å². The number of benzene rings is 2. The zero-order chi connectivity index (χ0) is 27.8. The van der Waals surface area contributed by atoms with Crippen molar-refractivity contribution in [2.24, 2.45) is 0 Å².